The van der Waals surface area contributed by atoms with Crippen molar-refractivity contribution in [1.29, 1.82) is 0 Å². The number of hydrogen-bond donors (Lipinski definition) is 0. The third-order valence-electron chi connectivity index (χ3n) is 4.92. The van der Waals surface area contributed by atoms with Crippen LogP contribution in [0.5, 0.6) is 0 Å². The number of carbonyl (C=O) groups is 3. The first-order valence-corrected chi connectivity index (χ1v) is 9.87. The summed E-state index contributed by atoms with van der Waals surface area (Å²) in [6.07, 6.45) is 3.33. The zero-order valence-corrected chi connectivity index (χ0v) is 16.8. The second kappa shape index (κ2) is 9.96. The molecule has 7 nitrogen and oxygen atoms in total. The molecule has 8 heteroatoms. The van der Waals surface area contributed by atoms with Crippen LogP contribution in [0.2, 0.25) is 0 Å². The fourth-order valence-electron chi connectivity index (χ4n) is 3.47. The first-order valence-electron chi connectivity index (χ1n) is 9.87. The first kappa shape index (κ1) is 21.4. The summed E-state index contributed by atoms with van der Waals surface area (Å²) in [6.45, 7) is 2.51. The van der Waals surface area contributed by atoms with Gasteiger partial charge in [-0.15, -0.1) is 0 Å². The van der Waals surface area contributed by atoms with Crippen LogP contribution in [0, 0.1) is 11.7 Å². The number of nitrogens with zero attached hydrogens (tertiary/aromatic N) is 3. The van der Waals surface area contributed by atoms with E-state index in [-0.39, 0.29) is 56.6 Å². The fraction of sp³-hybridized carbons (Fsp3) is 0.364. The van der Waals surface area contributed by atoms with Gasteiger partial charge in [-0.25, -0.2) is 4.39 Å². The number of ether oxygens (including phenoxy) is 1. The second-order valence-corrected chi connectivity index (χ2v) is 7.03. The maximum atomic E-state index is 14.1. The SMILES string of the molecule is CCOC(=O)CCN(Cc1cccnc1)C(=O)C1CC(=O)N(c2ccccc2F)C1. The monoisotopic (exact) mass is 413 g/mol. The zero-order valence-electron chi connectivity index (χ0n) is 16.8. The topological polar surface area (TPSA) is 79.8 Å². The number of hydrogen-bond acceptors (Lipinski definition) is 5. The Kier molecular flexibility index (Phi) is 7.11. The molecule has 1 aromatic heterocycles. The molecule has 3 rings (SSSR count). The zero-order chi connectivity index (χ0) is 21.5. The van der Waals surface area contributed by atoms with Crippen molar-refractivity contribution in [2.45, 2.75) is 26.3 Å². The summed E-state index contributed by atoms with van der Waals surface area (Å²) in [7, 11) is 0. The summed E-state index contributed by atoms with van der Waals surface area (Å²) < 4.78 is 19.1. The molecule has 0 spiro atoms. The summed E-state index contributed by atoms with van der Waals surface area (Å²) in [6, 6.07) is 9.60. The number of benzene rings is 1. The highest BCUT2D eigenvalue weighted by Gasteiger charge is 2.38. The van der Waals surface area contributed by atoms with E-state index in [1.54, 1.807) is 37.5 Å². The van der Waals surface area contributed by atoms with Crippen molar-refractivity contribution in [1.82, 2.24) is 9.88 Å². The minimum Gasteiger partial charge on any atom is -0.466 e. The van der Waals surface area contributed by atoms with Crippen molar-refractivity contribution in [3.05, 3.63) is 60.2 Å². The number of anilines is 1. The summed E-state index contributed by atoms with van der Waals surface area (Å²) in [4.78, 5) is 44.4. The number of pyridine rings is 1. The van der Waals surface area contributed by atoms with Crippen LogP contribution < -0.4 is 4.90 Å². The van der Waals surface area contributed by atoms with Gasteiger partial charge in [-0.2, -0.15) is 0 Å². The summed E-state index contributed by atoms with van der Waals surface area (Å²) in [5.41, 5.74) is 0.980. The normalized spacial score (nSPS) is 15.9. The van der Waals surface area contributed by atoms with Crippen LogP contribution in [0.3, 0.4) is 0 Å². The predicted molar refractivity (Wildman–Crippen MR) is 108 cm³/mol. The van der Waals surface area contributed by atoms with Crippen LogP contribution in [0.25, 0.3) is 0 Å². The van der Waals surface area contributed by atoms with Gasteiger partial charge in [0.1, 0.15) is 5.82 Å². The molecule has 0 aliphatic carbocycles. The minimum absolute atomic E-state index is 0.00386. The van der Waals surface area contributed by atoms with Gasteiger partial charge in [-0.05, 0) is 30.7 Å². The molecular formula is C22H24FN3O4. The average Bonchev–Trinajstić information content (AvgIpc) is 3.13. The highest BCUT2D eigenvalue weighted by molar-refractivity contribution is 6.00. The summed E-state index contributed by atoms with van der Waals surface area (Å²) in [5, 5.41) is 0. The van der Waals surface area contributed by atoms with Gasteiger partial charge in [0, 0.05) is 38.4 Å². The van der Waals surface area contributed by atoms with Crippen LogP contribution >= 0.6 is 0 Å². The predicted octanol–water partition coefficient (Wildman–Crippen LogP) is 2.56. The van der Waals surface area contributed by atoms with Crippen LogP contribution in [0.1, 0.15) is 25.3 Å². The highest BCUT2D eigenvalue weighted by Crippen LogP contribution is 2.28. The number of amides is 2. The van der Waals surface area contributed by atoms with Crippen molar-refractivity contribution in [2.75, 3.05) is 24.6 Å². The Hall–Kier alpha value is -3.29. The molecule has 2 amide bonds. The largest absolute Gasteiger partial charge is 0.466 e. The molecule has 30 heavy (non-hydrogen) atoms. The Balaban J connectivity index is 1.74. The van der Waals surface area contributed by atoms with E-state index in [0.717, 1.165) is 5.56 Å². The van der Waals surface area contributed by atoms with E-state index in [4.69, 9.17) is 4.74 Å². The van der Waals surface area contributed by atoms with Gasteiger partial charge in [-0.1, -0.05) is 18.2 Å². The van der Waals surface area contributed by atoms with E-state index in [1.165, 1.54) is 21.9 Å². The molecular weight excluding hydrogens is 389 g/mol. The third-order valence-corrected chi connectivity index (χ3v) is 4.92. The maximum Gasteiger partial charge on any atom is 0.307 e. The fourth-order valence-corrected chi connectivity index (χ4v) is 3.47. The van der Waals surface area contributed by atoms with Crippen LogP contribution in [0.4, 0.5) is 10.1 Å². The Morgan fingerprint density at radius 1 is 1.27 bits per heavy atom. The molecule has 1 aromatic carbocycles. The van der Waals surface area contributed by atoms with Gasteiger partial charge in [0.2, 0.25) is 11.8 Å². The van der Waals surface area contributed by atoms with Crippen molar-refractivity contribution in [2.24, 2.45) is 5.92 Å². The van der Waals surface area contributed by atoms with Crippen molar-refractivity contribution in [3.63, 3.8) is 0 Å². The average molecular weight is 413 g/mol. The lowest BCUT2D eigenvalue weighted by Gasteiger charge is -2.25. The molecule has 1 fully saturated rings. The van der Waals surface area contributed by atoms with Crippen molar-refractivity contribution < 1.29 is 23.5 Å². The molecule has 1 saturated heterocycles. The van der Waals surface area contributed by atoms with Gasteiger partial charge in [0.25, 0.3) is 0 Å². The Morgan fingerprint density at radius 3 is 2.77 bits per heavy atom. The molecule has 2 heterocycles. The van der Waals surface area contributed by atoms with Crippen LogP contribution in [0.15, 0.2) is 48.8 Å². The molecule has 158 valence electrons. The number of rotatable bonds is 8. The Labute approximate surface area is 174 Å². The van der Waals surface area contributed by atoms with Crippen LogP contribution in [-0.2, 0) is 25.7 Å². The van der Waals surface area contributed by atoms with Gasteiger partial charge in [0.15, 0.2) is 0 Å². The van der Waals surface area contributed by atoms with Crippen molar-refractivity contribution >= 4 is 23.5 Å². The summed E-state index contributed by atoms with van der Waals surface area (Å²) in [5.74, 6) is -2.07. The lowest BCUT2D eigenvalue weighted by Crippen LogP contribution is -2.38. The van der Waals surface area contributed by atoms with Gasteiger partial charge < -0.3 is 14.5 Å². The maximum absolute atomic E-state index is 14.1. The van der Waals surface area contributed by atoms with Gasteiger partial charge in [-0.3, -0.25) is 19.4 Å². The molecule has 0 bridgehead atoms. The van der Waals surface area contributed by atoms with Gasteiger partial charge in [0.05, 0.1) is 24.6 Å². The number of esters is 1. The lowest BCUT2D eigenvalue weighted by molar-refractivity contribution is -0.144. The molecule has 1 aliphatic rings. The second-order valence-electron chi connectivity index (χ2n) is 7.03. The van der Waals surface area contributed by atoms with Crippen molar-refractivity contribution in [3.8, 4) is 0 Å². The van der Waals surface area contributed by atoms with E-state index >= 15 is 0 Å². The quantitative estimate of drug-likeness (QED) is 0.622. The number of aromatic nitrogens is 1. The third kappa shape index (κ3) is 5.20. The van der Waals surface area contributed by atoms with Gasteiger partial charge >= 0.3 is 5.97 Å². The van der Waals surface area contributed by atoms with E-state index in [0.29, 0.717) is 0 Å². The highest BCUT2D eigenvalue weighted by atomic mass is 19.1. The molecule has 2 aromatic rings. The lowest BCUT2D eigenvalue weighted by atomic mass is 10.1. The smallest absolute Gasteiger partial charge is 0.307 e. The molecule has 1 atom stereocenters. The molecule has 1 aliphatic heterocycles. The molecule has 0 N–H and O–H groups in total. The number of halogens is 1. The van der Waals surface area contributed by atoms with E-state index in [2.05, 4.69) is 4.98 Å². The Morgan fingerprint density at radius 2 is 2.07 bits per heavy atom. The number of para-hydroxylation sites is 1. The first-order chi connectivity index (χ1) is 14.5. The molecule has 0 radical (unpaired) electrons. The van der Waals surface area contributed by atoms with E-state index in [1.807, 2.05) is 6.07 Å². The minimum atomic E-state index is -0.615. The van der Waals surface area contributed by atoms with E-state index < -0.39 is 17.7 Å². The molecule has 0 saturated carbocycles. The number of carbonyl (C=O) groups excluding carboxylic acids is 3. The van der Waals surface area contributed by atoms with E-state index in [9.17, 15) is 18.8 Å². The van der Waals surface area contributed by atoms with Crippen LogP contribution in [-0.4, -0.2) is 47.4 Å². The standard InChI is InChI=1S/C22H24FN3O4/c1-2-30-21(28)9-11-25(14-16-6-5-10-24-13-16)22(29)17-12-20(27)26(15-17)19-8-4-3-7-18(19)23/h3-8,10,13,17H,2,9,11-12,14-15H2,1H3. The Bertz CT molecular complexity index is 906. The molecule has 1 unspecified atom stereocenters. The summed E-state index contributed by atoms with van der Waals surface area (Å²) >= 11 is 0.